The SMILES string of the molecule is Brc1cnn(CCc2ccncc2)c1. The molecule has 4 heteroatoms. The van der Waals surface area contributed by atoms with Crippen molar-refractivity contribution in [2.75, 3.05) is 0 Å². The van der Waals surface area contributed by atoms with Crippen molar-refractivity contribution in [3.63, 3.8) is 0 Å². The monoisotopic (exact) mass is 251 g/mol. The molecule has 0 N–H and O–H groups in total. The molecule has 0 amide bonds. The second-order valence-electron chi connectivity index (χ2n) is 3.03. The predicted octanol–water partition coefficient (Wildman–Crippen LogP) is 2.28. The highest BCUT2D eigenvalue weighted by molar-refractivity contribution is 9.10. The highest BCUT2D eigenvalue weighted by Gasteiger charge is 1.96. The molecule has 2 rings (SSSR count). The Hall–Kier alpha value is -1.16. The summed E-state index contributed by atoms with van der Waals surface area (Å²) in [6.45, 7) is 0.898. The molecule has 0 aliphatic rings. The fraction of sp³-hybridized carbons (Fsp3) is 0.200. The van der Waals surface area contributed by atoms with E-state index in [-0.39, 0.29) is 0 Å². The van der Waals surface area contributed by atoms with Crippen LogP contribution in [0.5, 0.6) is 0 Å². The lowest BCUT2D eigenvalue weighted by Gasteiger charge is -2.00. The largest absolute Gasteiger partial charge is 0.271 e. The summed E-state index contributed by atoms with van der Waals surface area (Å²) in [4.78, 5) is 3.97. The minimum atomic E-state index is 0.898. The van der Waals surface area contributed by atoms with Gasteiger partial charge in [-0.05, 0) is 40.0 Å². The number of nitrogens with zero attached hydrogens (tertiary/aromatic N) is 3. The Balaban J connectivity index is 1.95. The lowest BCUT2D eigenvalue weighted by Crippen LogP contribution is -2.01. The van der Waals surface area contributed by atoms with Gasteiger partial charge in [0.25, 0.3) is 0 Å². The average Bonchev–Trinajstić information content (AvgIpc) is 2.63. The third-order valence-electron chi connectivity index (χ3n) is 1.98. The molecule has 0 aromatic carbocycles. The van der Waals surface area contributed by atoms with Crippen LogP contribution < -0.4 is 0 Å². The van der Waals surface area contributed by atoms with Gasteiger partial charge in [0.2, 0.25) is 0 Å². The van der Waals surface area contributed by atoms with Crippen LogP contribution >= 0.6 is 15.9 Å². The Kier molecular flexibility index (Phi) is 2.93. The Morgan fingerprint density at radius 1 is 1.29 bits per heavy atom. The molecule has 0 unspecified atom stereocenters. The Labute approximate surface area is 90.9 Å². The smallest absolute Gasteiger partial charge is 0.0632 e. The number of aryl methyl sites for hydroxylation is 2. The van der Waals surface area contributed by atoms with E-state index in [1.54, 1.807) is 6.20 Å². The molecule has 0 bridgehead atoms. The number of aromatic nitrogens is 3. The first-order valence-electron chi connectivity index (χ1n) is 4.41. The molecule has 0 aliphatic heterocycles. The van der Waals surface area contributed by atoms with Crippen LogP contribution in [0.3, 0.4) is 0 Å². The first kappa shape index (κ1) is 9.40. The summed E-state index contributed by atoms with van der Waals surface area (Å²) >= 11 is 3.37. The van der Waals surface area contributed by atoms with Gasteiger partial charge in [-0.3, -0.25) is 9.67 Å². The maximum absolute atomic E-state index is 4.19. The van der Waals surface area contributed by atoms with Gasteiger partial charge in [0.15, 0.2) is 0 Å². The topological polar surface area (TPSA) is 30.7 Å². The lowest BCUT2D eigenvalue weighted by atomic mass is 10.2. The second-order valence-corrected chi connectivity index (χ2v) is 3.94. The molecule has 2 heterocycles. The van der Waals surface area contributed by atoms with Crippen molar-refractivity contribution in [2.24, 2.45) is 0 Å². The lowest BCUT2D eigenvalue weighted by molar-refractivity contribution is 0.614. The summed E-state index contributed by atoms with van der Waals surface area (Å²) in [5, 5.41) is 4.19. The van der Waals surface area contributed by atoms with Gasteiger partial charge in [-0.1, -0.05) is 0 Å². The van der Waals surface area contributed by atoms with Crippen LogP contribution in [-0.2, 0) is 13.0 Å². The van der Waals surface area contributed by atoms with E-state index in [1.165, 1.54) is 5.56 Å². The number of hydrogen-bond acceptors (Lipinski definition) is 2. The maximum Gasteiger partial charge on any atom is 0.0632 e. The summed E-state index contributed by atoms with van der Waals surface area (Å²) in [6.07, 6.45) is 8.38. The van der Waals surface area contributed by atoms with Crippen molar-refractivity contribution in [3.05, 3.63) is 47.0 Å². The molecule has 0 saturated heterocycles. The van der Waals surface area contributed by atoms with Gasteiger partial charge in [0.05, 0.1) is 10.7 Å². The average molecular weight is 252 g/mol. The molecular formula is C10H10BrN3. The molecule has 72 valence electrons. The van der Waals surface area contributed by atoms with E-state index in [1.807, 2.05) is 35.4 Å². The minimum absolute atomic E-state index is 0.898. The minimum Gasteiger partial charge on any atom is -0.271 e. The number of rotatable bonds is 3. The Morgan fingerprint density at radius 3 is 2.71 bits per heavy atom. The zero-order chi connectivity index (χ0) is 9.80. The van der Waals surface area contributed by atoms with Gasteiger partial charge in [-0.2, -0.15) is 5.10 Å². The molecule has 0 spiro atoms. The van der Waals surface area contributed by atoms with E-state index in [9.17, 15) is 0 Å². The van der Waals surface area contributed by atoms with Crippen molar-refractivity contribution in [1.82, 2.24) is 14.8 Å². The number of hydrogen-bond donors (Lipinski definition) is 0. The predicted molar refractivity (Wildman–Crippen MR) is 57.9 cm³/mol. The quantitative estimate of drug-likeness (QED) is 0.839. The fourth-order valence-electron chi connectivity index (χ4n) is 1.25. The molecule has 14 heavy (non-hydrogen) atoms. The molecule has 0 saturated carbocycles. The zero-order valence-electron chi connectivity index (χ0n) is 7.60. The van der Waals surface area contributed by atoms with E-state index < -0.39 is 0 Å². The summed E-state index contributed by atoms with van der Waals surface area (Å²) < 4.78 is 2.94. The number of pyridine rings is 1. The molecule has 2 aromatic rings. The van der Waals surface area contributed by atoms with Crippen LogP contribution in [0.1, 0.15) is 5.56 Å². The first-order chi connectivity index (χ1) is 6.84. The van der Waals surface area contributed by atoms with Crippen molar-refractivity contribution in [3.8, 4) is 0 Å². The zero-order valence-corrected chi connectivity index (χ0v) is 9.18. The third kappa shape index (κ3) is 2.42. The normalized spacial score (nSPS) is 10.4. The van der Waals surface area contributed by atoms with Crippen molar-refractivity contribution in [1.29, 1.82) is 0 Å². The van der Waals surface area contributed by atoms with Gasteiger partial charge < -0.3 is 0 Å². The second kappa shape index (κ2) is 4.37. The van der Waals surface area contributed by atoms with Crippen LogP contribution in [0.2, 0.25) is 0 Å². The molecule has 0 radical (unpaired) electrons. The molecule has 3 nitrogen and oxygen atoms in total. The molecule has 2 aromatic heterocycles. The maximum atomic E-state index is 4.19. The highest BCUT2D eigenvalue weighted by atomic mass is 79.9. The van der Waals surface area contributed by atoms with E-state index in [0.29, 0.717) is 0 Å². The van der Waals surface area contributed by atoms with Gasteiger partial charge in [-0.15, -0.1) is 0 Å². The molecule has 0 aliphatic carbocycles. The van der Waals surface area contributed by atoms with Gasteiger partial charge in [0.1, 0.15) is 0 Å². The first-order valence-corrected chi connectivity index (χ1v) is 5.21. The summed E-state index contributed by atoms with van der Waals surface area (Å²) in [7, 11) is 0. The Bertz CT molecular complexity index is 397. The third-order valence-corrected chi connectivity index (χ3v) is 2.39. The summed E-state index contributed by atoms with van der Waals surface area (Å²) in [5.74, 6) is 0. The van der Waals surface area contributed by atoms with Gasteiger partial charge in [-0.25, -0.2) is 0 Å². The fourth-order valence-corrected chi connectivity index (χ4v) is 1.58. The van der Waals surface area contributed by atoms with Gasteiger partial charge >= 0.3 is 0 Å². The van der Waals surface area contributed by atoms with Crippen molar-refractivity contribution >= 4 is 15.9 Å². The molecule has 0 fully saturated rings. The number of halogens is 1. The van der Waals surface area contributed by atoms with Crippen LogP contribution in [0.4, 0.5) is 0 Å². The molecule has 0 atom stereocenters. The van der Waals surface area contributed by atoms with Crippen LogP contribution in [-0.4, -0.2) is 14.8 Å². The van der Waals surface area contributed by atoms with E-state index in [4.69, 9.17) is 0 Å². The Morgan fingerprint density at radius 2 is 2.07 bits per heavy atom. The van der Waals surface area contributed by atoms with Crippen molar-refractivity contribution < 1.29 is 0 Å². The summed E-state index contributed by atoms with van der Waals surface area (Å²) in [6, 6.07) is 4.05. The van der Waals surface area contributed by atoms with Gasteiger partial charge in [0, 0.05) is 25.1 Å². The van der Waals surface area contributed by atoms with Crippen LogP contribution in [0.15, 0.2) is 41.4 Å². The van der Waals surface area contributed by atoms with E-state index >= 15 is 0 Å². The van der Waals surface area contributed by atoms with E-state index in [2.05, 4.69) is 26.0 Å². The van der Waals surface area contributed by atoms with Crippen LogP contribution in [0, 0.1) is 0 Å². The standard InChI is InChI=1S/C10H10BrN3/c11-10-7-13-14(8-10)6-3-9-1-4-12-5-2-9/h1-2,4-5,7-8H,3,6H2. The summed E-state index contributed by atoms with van der Waals surface area (Å²) in [5.41, 5.74) is 1.28. The highest BCUT2D eigenvalue weighted by Crippen LogP contribution is 2.07. The van der Waals surface area contributed by atoms with Crippen LogP contribution in [0.25, 0.3) is 0 Å². The van der Waals surface area contributed by atoms with E-state index in [0.717, 1.165) is 17.4 Å². The molecular weight excluding hydrogens is 242 g/mol. The van der Waals surface area contributed by atoms with Crippen molar-refractivity contribution in [2.45, 2.75) is 13.0 Å².